The molecule has 18 heavy (non-hydrogen) atoms. The number of likely N-dealkylation sites (tertiary alicyclic amines) is 1. The van der Waals surface area contributed by atoms with Crippen LogP contribution in [0, 0.1) is 5.92 Å². The van der Waals surface area contributed by atoms with Gasteiger partial charge in [-0.25, -0.2) is 0 Å². The van der Waals surface area contributed by atoms with E-state index in [4.69, 9.17) is 0 Å². The second kappa shape index (κ2) is 6.91. The lowest BCUT2D eigenvalue weighted by molar-refractivity contribution is 0.122. The van der Waals surface area contributed by atoms with Gasteiger partial charge in [-0.2, -0.15) is 0 Å². The van der Waals surface area contributed by atoms with Gasteiger partial charge in [-0.05, 0) is 43.8 Å². The Morgan fingerprint density at radius 3 is 2.50 bits per heavy atom. The van der Waals surface area contributed by atoms with Gasteiger partial charge in [-0.3, -0.25) is 0 Å². The first-order chi connectivity index (χ1) is 8.79. The molecule has 0 radical (unpaired) electrons. The van der Waals surface area contributed by atoms with Crippen molar-refractivity contribution in [3.05, 3.63) is 35.9 Å². The Hall–Kier alpha value is -0.860. The van der Waals surface area contributed by atoms with Crippen molar-refractivity contribution in [2.24, 2.45) is 5.92 Å². The number of piperidine rings is 1. The number of nitrogens with zero attached hydrogens (tertiary/aromatic N) is 1. The third-order valence-corrected chi connectivity index (χ3v) is 4.19. The van der Waals surface area contributed by atoms with Gasteiger partial charge in [0.2, 0.25) is 0 Å². The lowest BCUT2D eigenvalue weighted by atomic mass is 9.94. The van der Waals surface area contributed by atoms with E-state index >= 15 is 0 Å². The molecule has 1 aliphatic heterocycles. The number of hydrogen-bond acceptors (Lipinski definition) is 2. The third kappa shape index (κ3) is 3.82. The summed E-state index contributed by atoms with van der Waals surface area (Å²) in [6.45, 7) is 5.73. The van der Waals surface area contributed by atoms with Gasteiger partial charge in [0.15, 0.2) is 0 Å². The van der Waals surface area contributed by atoms with Crippen LogP contribution >= 0.6 is 0 Å². The van der Waals surface area contributed by atoms with Crippen molar-refractivity contribution in [3.63, 3.8) is 0 Å². The zero-order valence-electron chi connectivity index (χ0n) is 11.4. The Bertz CT molecular complexity index is 330. The van der Waals surface area contributed by atoms with Gasteiger partial charge in [0.1, 0.15) is 0 Å². The molecule has 2 nitrogen and oxygen atoms in total. The molecule has 2 heteroatoms. The lowest BCUT2D eigenvalue weighted by Gasteiger charge is -2.31. The molecule has 1 aromatic rings. The molecule has 1 atom stereocenters. The standard InChI is InChI=1S/C16H25NO/c1-2-14-8-11-17(12-9-14)13-10-16(18)15-6-4-3-5-7-15/h3-7,14,16,18H,2,8-13H2,1H3. The fourth-order valence-electron chi connectivity index (χ4n) is 2.77. The first-order valence-electron chi connectivity index (χ1n) is 7.25. The molecule has 1 heterocycles. The van der Waals surface area contributed by atoms with Gasteiger partial charge < -0.3 is 10.0 Å². The van der Waals surface area contributed by atoms with Crippen molar-refractivity contribution in [1.29, 1.82) is 0 Å². The van der Waals surface area contributed by atoms with E-state index in [0.29, 0.717) is 0 Å². The smallest absolute Gasteiger partial charge is 0.0802 e. The summed E-state index contributed by atoms with van der Waals surface area (Å²) in [6.07, 6.45) is 4.52. The van der Waals surface area contributed by atoms with Crippen LogP contribution in [0.25, 0.3) is 0 Å². The first-order valence-corrected chi connectivity index (χ1v) is 7.25. The Kier molecular flexibility index (Phi) is 5.21. The highest BCUT2D eigenvalue weighted by atomic mass is 16.3. The topological polar surface area (TPSA) is 23.5 Å². The maximum atomic E-state index is 10.1. The fraction of sp³-hybridized carbons (Fsp3) is 0.625. The SMILES string of the molecule is CCC1CCN(CCC(O)c2ccccc2)CC1. The van der Waals surface area contributed by atoms with Crippen molar-refractivity contribution >= 4 is 0 Å². The fourth-order valence-corrected chi connectivity index (χ4v) is 2.77. The molecule has 1 fully saturated rings. The Morgan fingerprint density at radius 1 is 1.22 bits per heavy atom. The van der Waals surface area contributed by atoms with Gasteiger partial charge in [0.25, 0.3) is 0 Å². The summed E-state index contributed by atoms with van der Waals surface area (Å²) < 4.78 is 0. The predicted molar refractivity (Wildman–Crippen MR) is 75.5 cm³/mol. The monoisotopic (exact) mass is 247 g/mol. The quantitative estimate of drug-likeness (QED) is 0.863. The number of benzene rings is 1. The number of rotatable bonds is 5. The molecule has 0 spiro atoms. The molecule has 0 aliphatic carbocycles. The second-order valence-electron chi connectivity index (χ2n) is 5.41. The first kappa shape index (κ1) is 13.6. The van der Waals surface area contributed by atoms with E-state index in [9.17, 15) is 5.11 Å². The van der Waals surface area contributed by atoms with Crippen LogP contribution in [0.15, 0.2) is 30.3 Å². The highest BCUT2D eigenvalue weighted by Gasteiger charge is 2.18. The zero-order valence-corrected chi connectivity index (χ0v) is 11.4. The Labute approximate surface area is 111 Å². The molecule has 1 saturated heterocycles. The van der Waals surface area contributed by atoms with Gasteiger partial charge in [0, 0.05) is 6.54 Å². The normalized spacial score (nSPS) is 19.9. The van der Waals surface area contributed by atoms with Crippen LogP contribution in [0.1, 0.15) is 44.3 Å². The van der Waals surface area contributed by atoms with Crippen molar-refractivity contribution in [1.82, 2.24) is 4.90 Å². The van der Waals surface area contributed by atoms with Crippen LogP contribution in [0.3, 0.4) is 0 Å². The van der Waals surface area contributed by atoms with E-state index in [2.05, 4.69) is 11.8 Å². The van der Waals surface area contributed by atoms with E-state index in [1.165, 1.54) is 32.4 Å². The average Bonchev–Trinajstić information content (AvgIpc) is 2.46. The number of hydrogen-bond donors (Lipinski definition) is 1. The molecule has 0 bridgehead atoms. The highest BCUT2D eigenvalue weighted by molar-refractivity contribution is 5.17. The summed E-state index contributed by atoms with van der Waals surface area (Å²) >= 11 is 0. The van der Waals surface area contributed by atoms with Crippen molar-refractivity contribution in [2.75, 3.05) is 19.6 Å². The molecule has 0 saturated carbocycles. The summed E-state index contributed by atoms with van der Waals surface area (Å²) in [7, 11) is 0. The minimum absolute atomic E-state index is 0.310. The number of aliphatic hydroxyl groups excluding tert-OH is 1. The van der Waals surface area contributed by atoms with Crippen LogP contribution in [-0.2, 0) is 0 Å². The lowest BCUT2D eigenvalue weighted by Crippen LogP contribution is -2.34. The molecule has 1 unspecified atom stereocenters. The molecule has 1 N–H and O–H groups in total. The van der Waals surface area contributed by atoms with Gasteiger partial charge >= 0.3 is 0 Å². The maximum absolute atomic E-state index is 10.1. The van der Waals surface area contributed by atoms with E-state index < -0.39 is 0 Å². The molecule has 1 aromatic carbocycles. The van der Waals surface area contributed by atoms with Gasteiger partial charge in [0.05, 0.1) is 6.10 Å². The molecule has 1 aliphatic rings. The molecule has 0 amide bonds. The summed E-state index contributed by atoms with van der Waals surface area (Å²) in [6, 6.07) is 9.99. The maximum Gasteiger partial charge on any atom is 0.0802 e. The van der Waals surface area contributed by atoms with Crippen molar-refractivity contribution < 1.29 is 5.11 Å². The Morgan fingerprint density at radius 2 is 1.89 bits per heavy atom. The Balaban J connectivity index is 1.72. The minimum atomic E-state index is -0.310. The van der Waals surface area contributed by atoms with Gasteiger partial charge in [-0.1, -0.05) is 43.7 Å². The predicted octanol–water partition coefficient (Wildman–Crippen LogP) is 3.23. The van der Waals surface area contributed by atoms with Crippen molar-refractivity contribution in [3.8, 4) is 0 Å². The minimum Gasteiger partial charge on any atom is -0.388 e. The molecule has 2 rings (SSSR count). The van der Waals surface area contributed by atoms with E-state index in [1.807, 2.05) is 30.3 Å². The summed E-state index contributed by atoms with van der Waals surface area (Å²) in [4.78, 5) is 2.50. The van der Waals surface area contributed by atoms with Crippen LogP contribution in [0.4, 0.5) is 0 Å². The summed E-state index contributed by atoms with van der Waals surface area (Å²) in [5, 5.41) is 10.1. The van der Waals surface area contributed by atoms with E-state index in [0.717, 1.165) is 24.4 Å². The van der Waals surface area contributed by atoms with E-state index in [-0.39, 0.29) is 6.10 Å². The molecular formula is C16H25NO. The third-order valence-electron chi connectivity index (χ3n) is 4.19. The molecule has 100 valence electrons. The molecular weight excluding hydrogens is 222 g/mol. The van der Waals surface area contributed by atoms with E-state index in [1.54, 1.807) is 0 Å². The van der Waals surface area contributed by atoms with Crippen LogP contribution in [-0.4, -0.2) is 29.6 Å². The number of aliphatic hydroxyl groups is 1. The highest BCUT2D eigenvalue weighted by Crippen LogP contribution is 2.22. The molecule has 0 aromatic heterocycles. The largest absolute Gasteiger partial charge is 0.388 e. The van der Waals surface area contributed by atoms with Crippen molar-refractivity contribution in [2.45, 2.75) is 38.7 Å². The van der Waals surface area contributed by atoms with Crippen LogP contribution < -0.4 is 0 Å². The van der Waals surface area contributed by atoms with Gasteiger partial charge in [-0.15, -0.1) is 0 Å². The summed E-state index contributed by atoms with van der Waals surface area (Å²) in [5.74, 6) is 0.931. The zero-order chi connectivity index (χ0) is 12.8. The van der Waals surface area contributed by atoms with Crippen LogP contribution in [0.2, 0.25) is 0 Å². The average molecular weight is 247 g/mol. The second-order valence-corrected chi connectivity index (χ2v) is 5.41. The van der Waals surface area contributed by atoms with Crippen LogP contribution in [0.5, 0.6) is 0 Å². The summed E-state index contributed by atoms with van der Waals surface area (Å²) in [5.41, 5.74) is 1.04.